The Morgan fingerprint density at radius 3 is 2.55 bits per heavy atom. The van der Waals surface area contributed by atoms with Crippen LogP contribution in [0.4, 0.5) is 5.69 Å². The van der Waals surface area contributed by atoms with E-state index in [0.717, 1.165) is 5.69 Å². The minimum absolute atomic E-state index is 0.0428. The lowest BCUT2D eigenvalue weighted by Gasteiger charge is -2.15. The van der Waals surface area contributed by atoms with Gasteiger partial charge in [-0.1, -0.05) is 13.8 Å². The number of carbonyl (C=O) groups excluding carboxylic acids is 1. The Kier molecular flexibility index (Phi) is 5.60. The highest BCUT2D eigenvalue weighted by Gasteiger charge is 2.10. The van der Waals surface area contributed by atoms with Gasteiger partial charge in [0.25, 0.3) is 5.91 Å². The molecule has 0 fully saturated rings. The molecule has 5 nitrogen and oxygen atoms in total. The first-order chi connectivity index (χ1) is 9.43. The summed E-state index contributed by atoms with van der Waals surface area (Å²) in [6, 6.07) is 8.39. The third-order valence-corrected chi connectivity index (χ3v) is 2.62. The molecule has 0 spiro atoms. The van der Waals surface area contributed by atoms with E-state index in [1.165, 1.54) is 6.20 Å². The Labute approximate surface area is 119 Å². The van der Waals surface area contributed by atoms with Crippen molar-refractivity contribution in [3.63, 3.8) is 0 Å². The van der Waals surface area contributed by atoms with Gasteiger partial charge in [0.15, 0.2) is 0 Å². The summed E-state index contributed by atoms with van der Waals surface area (Å²) in [6.07, 6.45) is 1.47. The lowest BCUT2D eigenvalue weighted by Crippen LogP contribution is -2.29. The van der Waals surface area contributed by atoms with Gasteiger partial charge in [-0.15, -0.1) is 0 Å². The molecule has 2 N–H and O–H groups in total. The van der Waals surface area contributed by atoms with Crippen LogP contribution in [-0.2, 0) is 4.79 Å². The molecule has 0 aromatic heterocycles. The molecule has 1 amide bonds. The Bertz CT molecular complexity index is 527. The van der Waals surface area contributed by atoms with Crippen LogP contribution in [0.1, 0.15) is 13.8 Å². The SMILES string of the molecule is CC(C)CNC(=O)/C(C#N)=C\N(C)c1ccc(O)cc1. The highest BCUT2D eigenvalue weighted by Crippen LogP contribution is 2.17. The van der Waals surface area contributed by atoms with Crippen LogP contribution >= 0.6 is 0 Å². The minimum atomic E-state index is -0.383. The van der Waals surface area contributed by atoms with Crippen molar-refractivity contribution in [3.8, 4) is 11.8 Å². The first-order valence-electron chi connectivity index (χ1n) is 6.36. The second kappa shape index (κ2) is 7.19. The molecule has 1 rings (SSSR count). The molecule has 0 heterocycles. The zero-order valence-corrected chi connectivity index (χ0v) is 11.9. The molecule has 1 aromatic rings. The molecule has 0 aliphatic rings. The summed E-state index contributed by atoms with van der Waals surface area (Å²) >= 11 is 0. The van der Waals surface area contributed by atoms with Crippen molar-refractivity contribution in [2.75, 3.05) is 18.5 Å². The van der Waals surface area contributed by atoms with Crippen molar-refractivity contribution in [3.05, 3.63) is 36.0 Å². The number of aromatic hydroxyl groups is 1. The van der Waals surface area contributed by atoms with Crippen LogP contribution in [-0.4, -0.2) is 24.6 Å². The van der Waals surface area contributed by atoms with Crippen LogP contribution in [0.3, 0.4) is 0 Å². The number of nitriles is 1. The predicted molar refractivity (Wildman–Crippen MR) is 78.1 cm³/mol. The van der Waals surface area contributed by atoms with Crippen molar-refractivity contribution in [2.24, 2.45) is 5.92 Å². The van der Waals surface area contributed by atoms with E-state index in [9.17, 15) is 9.90 Å². The number of nitrogens with one attached hydrogen (secondary N) is 1. The molecule has 0 saturated heterocycles. The summed E-state index contributed by atoms with van der Waals surface area (Å²) < 4.78 is 0. The normalized spacial score (nSPS) is 11.1. The van der Waals surface area contributed by atoms with E-state index >= 15 is 0 Å². The number of hydrogen-bond acceptors (Lipinski definition) is 4. The van der Waals surface area contributed by atoms with E-state index < -0.39 is 0 Å². The maximum atomic E-state index is 11.8. The quantitative estimate of drug-likeness (QED) is 0.635. The van der Waals surface area contributed by atoms with Gasteiger partial charge in [-0.3, -0.25) is 4.79 Å². The van der Waals surface area contributed by atoms with E-state index in [0.29, 0.717) is 12.5 Å². The van der Waals surface area contributed by atoms with Gasteiger partial charge in [0, 0.05) is 25.5 Å². The van der Waals surface area contributed by atoms with Crippen molar-refractivity contribution >= 4 is 11.6 Å². The highest BCUT2D eigenvalue weighted by molar-refractivity contribution is 5.97. The summed E-state index contributed by atoms with van der Waals surface area (Å²) in [5.74, 6) is 0.113. The van der Waals surface area contributed by atoms with Crippen LogP contribution in [0, 0.1) is 17.2 Å². The molecule has 0 aliphatic heterocycles. The Morgan fingerprint density at radius 2 is 2.05 bits per heavy atom. The van der Waals surface area contributed by atoms with Gasteiger partial charge in [-0.2, -0.15) is 5.26 Å². The third-order valence-electron chi connectivity index (χ3n) is 2.62. The Balaban J connectivity index is 2.80. The largest absolute Gasteiger partial charge is 0.508 e. The minimum Gasteiger partial charge on any atom is -0.508 e. The second-order valence-electron chi connectivity index (χ2n) is 4.89. The molecule has 0 unspecified atom stereocenters. The average Bonchev–Trinajstić information content (AvgIpc) is 2.42. The fraction of sp³-hybridized carbons (Fsp3) is 0.333. The lowest BCUT2D eigenvalue weighted by atomic mass is 10.2. The molecular formula is C15H19N3O2. The van der Waals surface area contributed by atoms with Gasteiger partial charge in [-0.25, -0.2) is 0 Å². The summed E-state index contributed by atoms with van der Waals surface area (Å²) in [5, 5.41) is 21.0. The predicted octanol–water partition coefficient (Wildman–Crippen LogP) is 2.01. The number of phenols is 1. The molecule has 0 bridgehead atoms. The molecule has 0 atom stereocenters. The molecule has 106 valence electrons. The molecule has 0 aliphatic carbocycles. The van der Waals surface area contributed by atoms with Gasteiger partial charge < -0.3 is 15.3 Å². The van der Waals surface area contributed by atoms with E-state index in [-0.39, 0.29) is 17.2 Å². The second-order valence-corrected chi connectivity index (χ2v) is 4.89. The van der Waals surface area contributed by atoms with Crippen LogP contribution in [0.25, 0.3) is 0 Å². The zero-order chi connectivity index (χ0) is 15.1. The fourth-order valence-corrected chi connectivity index (χ4v) is 1.49. The zero-order valence-electron chi connectivity index (χ0n) is 11.9. The summed E-state index contributed by atoms with van der Waals surface area (Å²) in [6.45, 7) is 4.50. The number of amides is 1. The Morgan fingerprint density at radius 1 is 1.45 bits per heavy atom. The maximum absolute atomic E-state index is 11.8. The van der Waals surface area contributed by atoms with Gasteiger partial charge in [0.2, 0.25) is 0 Å². The topological polar surface area (TPSA) is 76.4 Å². The summed E-state index contributed by atoms with van der Waals surface area (Å²) in [4.78, 5) is 13.5. The van der Waals surface area contributed by atoms with E-state index in [1.807, 2.05) is 19.9 Å². The molecular weight excluding hydrogens is 254 g/mol. The van der Waals surface area contributed by atoms with Crippen molar-refractivity contribution < 1.29 is 9.90 Å². The van der Waals surface area contributed by atoms with Crippen molar-refractivity contribution in [1.29, 1.82) is 5.26 Å². The number of benzene rings is 1. The number of nitrogens with zero attached hydrogens (tertiary/aromatic N) is 2. The van der Waals surface area contributed by atoms with Crippen LogP contribution in [0.5, 0.6) is 5.75 Å². The van der Waals surface area contributed by atoms with E-state index in [1.54, 1.807) is 36.2 Å². The monoisotopic (exact) mass is 273 g/mol. The molecule has 5 heteroatoms. The van der Waals surface area contributed by atoms with Gasteiger partial charge in [-0.05, 0) is 30.2 Å². The van der Waals surface area contributed by atoms with Gasteiger partial charge in [0.1, 0.15) is 17.4 Å². The molecule has 1 aromatic carbocycles. The smallest absolute Gasteiger partial charge is 0.263 e. The molecule has 0 saturated carbocycles. The standard InChI is InChI=1S/C15H19N3O2/c1-11(2)9-17-15(20)12(8-16)10-18(3)13-4-6-14(19)7-5-13/h4-7,10-11,19H,9H2,1-3H3,(H,17,20)/b12-10-. The summed E-state index contributed by atoms with van der Waals surface area (Å²) in [7, 11) is 1.74. The Hall–Kier alpha value is -2.48. The van der Waals surface area contributed by atoms with Gasteiger partial charge >= 0.3 is 0 Å². The molecule has 20 heavy (non-hydrogen) atoms. The number of anilines is 1. The summed E-state index contributed by atoms with van der Waals surface area (Å²) in [5.41, 5.74) is 0.813. The molecule has 0 radical (unpaired) electrons. The first-order valence-corrected chi connectivity index (χ1v) is 6.36. The average molecular weight is 273 g/mol. The number of carbonyl (C=O) groups is 1. The third kappa shape index (κ3) is 4.65. The van der Waals surface area contributed by atoms with E-state index in [4.69, 9.17) is 5.26 Å². The van der Waals surface area contributed by atoms with Crippen molar-refractivity contribution in [2.45, 2.75) is 13.8 Å². The van der Waals surface area contributed by atoms with Crippen LogP contribution in [0.2, 0.25) is 0 Å². The fourth-order valence-electron chi connectivity index (χ4n) is 1.49. The first kappa shape index (κ1) is 15.6. The highest BCUT2D eigenvalue weighted by atomic mass is 16.3. The van der Waals surface area contributed by atoms with Crippen LogP contribution in [0.15, 0.2) is 36.0 Å². The van der Waals surface area contributed by atoms with E-state index in [2.05, 4.69) is 5.32 Å². The number of rotatable bonds is 5. The lowest BCUT2D eigenvalue weighted by molar-refractivity contribution is -0.117. The maximum Gasteiger partial charge on any atom is 0.263 e. The van der Waals surface area contributed by atoms with Crippen molar-refractivity contribution in [1.82, 2.24) is 5.32 Å². The number of phenolic OH excluding ortho intramolecular Hbond substituents is 1. The number of hydrogen-bond donors (Lipinski definition) is 2. The van der Waals surface area contributed by atoms with Gasteiger partial charge in [0.05, 0.1) is 0 Å². The van der Waals surface area contributed by atoms with Crippen LogP contribution < -0.4 is 10.2 Å².